The molecule has 0 aliphatic heterocycles. The van der Waals surface area contributed by atoms with E-state index in [-0.39, 0.29) is 12.8 Å². The maximum absolute atomic E-state index is 10.9. The summed E-state index contributed by atoms with van der Waals surface area (Å²) >= 11 is 0. The number of aliphatic carboxylic acids is 3. The Morgan fingerprint density at radius 2 is 1.35 bits per heavy atom. The Kier molecular flexibility index (Phi) is 5.64. The molecule has 0 saturated carbocycles. The van der Waals surface area contributed by atoms with Crippen LogP contribution in [0.1, 0.15) is 39.5 Å². The maximum atomic E-state index is 10.9. The number of carboxylic acid groups (broad SMARTS) is 3. The van der Waals surface area contributed by atoms with Crippen molar-refractivity contribution in [3.05, 3.63) is 0 Å². The predicted molar refractivity (Wildman–Crippen MR) is 58.6 cm³/mol. The van der Waals surface area contributed by atoms with Crippen LogP contribution >= 0.6 is 0 Å². The molecule has 98 valence electrons. The summed E-state index contributed by atoms with van der Waals surface area (Å²) in [6.45, 7) is 3.97. The lowest BCUT2D eigenvalue weighted by Gasteiger charge is -2.19. The molecule has 0 amide bonds. The first-order valence-electron chi connectivity index (χ1n) is 5.45. The normalized spacial score (nSPS) is 11.5. The first-order valence-corrected chi connectivity index (χ1v) is 5.45. The fourth-order valence-electron chi connectivity index (χ4n) is 1.54. The Bertz CT molecular complexity index is 271. The predicted octanol–water partition coefficient (Wildman–Crippen LogP) is 1.44. The molecule has 0 radical (unpaired) electrons. The number of hydrogen-bond acceptors (Lipinski definition) is 3. The van der Waals surface area contributed by atoms with Crippen LogP contribution in [0, 0.1) is 11.3 Å². The zero-order valence-electron chi connectivity index (χ0n) is 9.97. The Morgan fingerprint density at radius 3 is 1.65 bits per heavy atom. The molecular formula is C11H18O6. The van der Waals surface area contributed by atoms with Crippen LogP contribution < -0.4 is 0 Å². The van der Waals surface area contributed by atoms with E-state index in [1.54, 1.807) is 0 Å². The molecule has 0 aromatic carbocycles. The van der Waals surface area contributed by atoms with Crippen molar-refractivity contribution >= 4 is 17.9 Å². The molecule has 0 aromatic rings. The minimum absolute atomic E-state index is 0.267. The van der Waals surface area contributed by atoms with Crippen molar-refractivity contribution in [2.45, 2.75) is 39.5 Å². The molecular weight excluding hydrogens is 228 g/mol. The van der Waals surface area contributed by atoms with Gasteiger partial charge >= 0.3 is 17.9 Å². The molecule has 0 atom stereocenters. The lowest BCUT2D eigenvalue weighted by Crippen LogP contribution is -2.46. The fourth-order valence-corrected chi connectivity index (χ4v) is 1.54. The highest BCUT2D eigenvalue weighted by Crippen LogP contribution is 2.27. The van der Waals surface area contributed by atoms with E-state index in [2.05, 4.69) is 0 Å². The van der Waals surface area contributed by atoms with E-state index in [4.69, 9.17) is 15.3 Å². The van der Waals surface area contributed by atoms with E-state index >= 15 is 0 Å². The van der Waals surface area contributed by atoms with Crippen LogP contribution in [0.25, 0.3) is 0 Å². The van der Waals surface area contributed by atoms with Crippen molar-refractivity contribution in [2.75, 3.05) is 0 Å². The largest absolute Gasteiger partial charge is 0.480 e. The van der Waals surface area contributed by atoms with Gasteiger partial charge in [-0.1, -0.05) is 33.1 Å². The third-order valence-electron chi connectivity index (χ3n) is 2.68. The molecule has 6 heteroatoms. The molecule has 0 aliphatic rings. The Balaban J connectivity index is 4.66. The molecule has 0 spiro atoms. The Hall–Kier alpha value is -1.59. The zero-order valence-corrected chi connectivity index (χ0v) is 9.97. The van der Waals surface area contributed by atoms with Crippen LogP contribution in [0.2, 0.25) is 0 Å². The van der Waals surface area contributed by atoms with Gasteiger partial charge in [0.1, 0.15) is 0 Å². The summed E-state index contributed by atoms with van der Waals surface area (Å²) in [6, 6.07) is 0. The van der Waals surface area contributed by atoms with Crippen molar-refractivity contribution in [1.29, 1.82) is 0 Å². The molecule has 0 heterocycles. The van der Waals surface area contributed by atoms with E-state index in [1.165, 1.54) is 0 Å². The van der Waals surface area contributed by atoms with Crippen molar-refractivity contribution in [3.63, 3.8) is 0 Å². The van der Waals surface area contributed by atoms with Gasteiger partial charge in [0.25, 0.3) is 5.41 Å². The van der Waals surface area contributed by atoms with Crippen molar-refractivity contribution in [2.24, 2.45) is 11.3 Å². The number of rotatable bonds is 8. The third-order valence-corrected chi connectivity index (χ3v) is 2.68. The average Bonchev–Trinajstić information content (AvgIpc) is 2.15. The summed E-state index contributed by atoms with van der Waals surface area (Å²) in [7, 11) is 0. The van der Waals surface area contributed by atoms with Crippen LogP contribution in [-0.4, -0.2) is 33.2 Å². The fraction of sp³-hybridized carbons (Fsp3) is 0.727. The second-order valence-corrected chi connectivity index (χ2v) is 4.46. The maximum Gasteiger partial charge on any atom is 0.332 e. The first-order chi connectivity index (χ1) is 7.75. The molecule has 3 N–H and O–H groups in total. The Labute approximate surface area is 99.3 Å². The van der Waals surface area contributed by atoms with Gasteiger partial charge < -0.3 is 15.3 Å². The van der Waals surface area contributed by atoms with Crippen LogP contribution in [0.15, 0.2) is 0 Å². The van der Waals surface area contributed by atoms with Gasteiger partial charge in [-0.25, -0.2) is 0 Å². The van der Waals surface area contributed by atoms with Gasteiger partial charge in [-0.2, -0.15) is 0 Å². The second kappa shape index (κ2) is 6.22. The monoisotopic (exact) mass is 246 g/mol. The highest BCUT2D eigenvalue weighted by molar-refractivity contribution is 6.16. The van der Waals surface area contributed by atoms with Gasteiger partial charge in [-0.15, -0.1) is 0 Å². The molecule has 6 nitrogen and oxygen atoms in total. The third kappa shape index (κ3) is 3.72. The van der Waals surface area contributed by atoms with Gasteiger partial charge in [0.2, 0.25) is 0 Å². The lowest BCUT2D eigenvalue weighted by atomic mass is 9.82. The van der Waals surface area contributed by atoms with Crippen LogP contribution in [0.5, 0.6) is 0 Å². The summed E-state index contributed by atoms with van der Waals surface area (Å²) in [5.74, 6) is -5.03. The van der Waals surface area contributed by atoms with E-state index in [0.717, 1.165) is 6.42 Å². The van der Waals surface area contributed by atoms with Gasteiger partial charge in [0.15, 0.2) is 0 Å². The van der Waals surface area contributed by atoms with E-state index in [1.807, 2.05) is 13.8 Å². The van der Waals surface area contributed by atoms with E-state index in [0.29, 0.717) is 12.3 Å². The SMILES string of the molecule is CC(C)CCCCC(C(=O)O)(C(=O)O)C(=O)O. The minimum Gasteiger partial charge on any atom is -0.480 e. The van der Waals surface area contributed by atoms with Crippen molar-refractivity contribution in [3.8, 4) is 0 Å². The summed E-state index contributed by atoms with van der Waals surface area (Å²) < 4.78 is 0. The molecule has 0 aliphatic carbocycles. The smallest absolute Gasteiger partial charge is 0.332 e. The number of hydrogen-bond donors (Lipinski definition) is 3. The average molecular weight is 246 g/mol. The van der Waals surface area contributed by atoms with Crippen molar-refractivity contribution in [1.82, 2.24) is 0 Å². The van der Waals surface area contributed by atoms with Gasteiger partial charge in [-0.3, -0.25) is 14.4 Å². The molecule has 0 saturated heterocycles. The molecule has 0 unspecified atom stereocenters. The van der Waals surface area contributed by atoms with Gasteiger partial charge in [0.05, 0.1) is 0 Å². The van der Waals surface area contributed by atoms with Gasteiger partial charge in [0, 0.05) is 0 Å². The van der Waals surface area contributed by atoms with Crippen LogP contribution in [0.4, 0.5) is 0 Å². The number of unbranched alkanes of at least 4 members (excludes halogenated alkanes) is 1. The standard InChI is InChI=1S/C11H18O6/c1-7(2)5-3-4-6-11(8(12)13,9(14)15)10(16)17/h7H,3-6H2,1-2H3,(H,12,13)(H,14,15)(H,16,17). The topological polar surface area (TPSA) is 112 Å². The lowest BCUT2D eigenvalue weighted by molar-refractivity contribution is -0.176. The highest BCUT2D eigenvalue weighted by atomic mass is 16.4. The summed E-state index contributed by atoms with van der Waals surface area (Å²) in [5.41, 5.74) is -2.71. The summed E-state index contributed by atoms with van der Waals surface area (Å²) in [4.78, 5) is 32.6. The minimum atomic E-state index is -2.71. The molecule has 17 heavy (non-hydrogen) atoms. The summed E-state index contributed by atoms with van der Waals surface area (Å²) in [5, 5.41) is 26.4. The second-order valence-electron chi connectivity index (χ2n) is 4.46. The van der Waals surface area contributed by atoms with Gasteiger partial charge in [-0.05, 0) is 12.3 Å². The highest BCUT2D eigenvalue weighted by Gasteiger charge is 2.53. The first kappa shape index (κ1) is 15.4. The molecule has 0 rings (SSSR count). The van der Waals surface area contributed by atoms with Crippen LogP contribution in [0.3, 0.4) is 0 Å². The van der Waals surface area contributed by atoms with Crippen LogP contribution in [-0.2, 0) is 14.4 Å². The molecule has 0 bridgehead atoms. The van der Waals surface area contributed by atoms with Crippen molar-refractivity contribution < 1.29 is 29.7 Å². The summed E-state index contributed by atoms with van der Waals surface area (Å²) in [6.07, 6.45) is 1.31. The number of carboxylic acids is 3. The zero-order chi connectivity index (χ0) is 13.6. The quantitative estimate of drug-likeness (QED) is 0.441. The Morgan fingerprint density at radius 1 is 0.941 bits per heavy atom. The number of carbonyl (C=O) groups is 3. The molecule has 0 fully saturated rings. The van der Waals surface area contributed by atoms with E-state index < -0.39 is 23.3 Å². The molecule has 0 aromatic heterocycles. The van der Waals surface area contributed by atoms with E-state index in [9.17, 15) is 14.4 Å².